The molecule has 1 aromatic carbocycles. The highest BCUT2D eigenvalue weighted by atomic mass is 16.5. The van der Waals surface area contributed by atoms with Gasteiger partial charge in [-0.2, -0.15) is 5.10 Å². The summed E-state index contributed by atoms with van der Waals surface area (Å²) < 4.78 is 6.83. The second-order valence-electron chi connectivity index (χ2n) is 4.70. The Labute approximate surface area is 120 Å². The quantitative estimate of drug-likeness (QED) is 0.893. The average molecular weight is 286 g/mol. The number of ether oxygens (including phenoxy) is 1. The van der Waals surface area contributed by atoms with Crippen LogP contribution in [0, 0.1) is 0 Å². The monoisotopic (exact) mass is 286 g/mol. The van der Waals surface area contributed by atoms with E-state index in [2.05, 4.69) is 15.7 Å². The van der Waals surface area contributed by atoms with Gasteiger partial charge in [-0.05, 0) is 31.2 Å². The summed E-state index contributed by atoms with van der Waals surface area (Å²) in [6.45, 7) is 1.76. The van der Waals surface area contributed by atoms with Crippen molar-refractivity contribution in [3.63, 3.8) is 0 Å². The second kappa shape index (κ2) is 5.28. The summed E-state index contributed by atoms with van der Waals surface area (Å²) in [6.07, 6.45) is 3.35. The minimum Gasteiger partial charge on any atom is -0.482 e. The molecule has 2 aromatic rings. The first-order chi connectivity index (χ1) is 10.1. The van der Waals surface area contributed by atoms with Gasteiger partial charge in [-0.3, -0.25) is 14.3 Å². The third-order valence-corrected chi connectivity index (χ3v) is 3.18. The molecule has 0 radical (unpaired) electrons. The molecule has 0 fully saturated rings. The number of hydrogen-bond acceptors (Lipinski definition) is 4. The van der Waals surface area contributed by atoms with E-state index in [9.17, 15) is 9.59 Å². The van der Waals surface area contributed by atoms with Gasteiger partial charge in [-0.25, -0.2) is 0 Å². The highest BCUT2D eigenvalue weighted by Crippen LogP contribution is 2.30. The SMILES string of the molecule is CC(C(=O)Nc1ccc2c(c1)NC(=O)CO2)n1cccn1. The van der Waals surface area contributed by atoms with Crippen LogP contribution in [0.25, 0.3) is 0 Å². The molecule has 1 atom stereocenters. The Bertz CT molecular complexity index is 682. The molecule has 2 heterocycles. The topological polar surface area (TPSA) is 85.3 Å². The zero-order valence-electron chi connectivity index (χ0n) is 11.4. The number of aromatic nitrogens is 2. The van der Waals surface area contributed by atoms with Gasteiger partial charge in [0.1, 0.15) is 11.8 Å². The predicted molar refractivity (Wildman–Crippen MR) is 76.1 cm³/mol. The van der Waals surface area contributed by atoms with Crippen molar-refractivity contribution >= 4 is 23.2 Å². The molecule has 0 bridgehead atoms. The van der Waals surface area contributed by atoms with E-state index in [0.717, 1.165) is 0 Å². The summed E-state index contributed by atoms with van der Waals surface area (Å²) in [5.41, 5.74) is 1.14. The number of amides is 2. The van der Waals surface area contributed by atoms with Gasteiger partial charge < -0.3 is 15.4 Å². The summed E-state index contributed by atoms with van der Waals surface area (Å²) in [4.78, 5) is 23.4. The highest BCUT2D eigenvalue weighted by molar-refractivity contribution is 5.98. The number of benzene rings is 1. The van der Waals surface area contributed by atoms with Crippen LogP contribution in [-0.4, -0.2) is 28.2 Å². The van der Waals surface area contributed by atoms with Gasteiger partial charge in [0.2, 0.25) is 5.91 Å². The lowest BCUT2D eigenvalue weighted by atomic mass is 10.2. The van der Waals surface area contributed by atoms with Crippen molar-refractivity contribution in [1.82, 2.24) is 9.78 Å². The van der Waals surface area contributed by atoms with Crippen molar-refractivity contribution < 1.29 is 14.3 Å². The number of anilines is 2. The fourth-order valence-electron chi connectivity index (χ4n) is 2.04. The number of carbonyl (C=O) groups is 2. The Morgan fingerprint density at radius 2 is 2.38 bits per heavy atom. The summed E-state index contributed by atoms with van der Waals surface area (Å²) in [5, 5.41) is 9.52. The summed E-state index contributed by atoms with van der Waals surface area (Å²) in [6, 6.07) is 6.43. The van der Waals surface area contributed by atoms with Crippen LogP contribution in [0.2, 0.25) is 0 Å². The number of hydrogen-bond donors (Lipinski definition) is 2. The third kappa shape index (κ3) is 2.71. The Morgan fingerprint density at radius 1 is 1.52 bits per heavy atom. The zero-order chi connectivity index (χ0) is 14.8. The van der Waals surface area contributed by atoms with Crippen molar-refractivity contribution in [2.45, 2.75) is 13.0 Å². The minimum absolute atomic E-state index is 0.00897. The first-order valence-corrected chi connectivity index (χ1v) is 6.50. The summed E-state index contributed by atoms with van der Waals surface area (Å²) >= 11 is 0. The Hall–Kier alpha value is -2.83. The maximum atomic E-state index is 12.2. The van der Waals surface area contributed by atoms with Crippen molar-refractivity contribution in [3.8, 4) is 5.75 Å². The molecule has 1 aromatic heterocycles. The van der Waals surface area contributed by atoms with Crippen LogP contribution in [0.15, 0.2) is 36.7 Å². The van der Waals surface area contributed by atoms with E-state index in [0.29, 0.717) is 17.1 Å². The van der Waals surface area contributed by atoms with E-state index < -0.39 is 6.04 Å². The maximum Gasteiger partial charge on any atom is 0.262 e. The Morgan fingerprint density at radius 3 is 3.14 bits per heavy atom. The van der Waals surface area contributed by atoms with Crippen molar-refractivity contribution in [1.29, 1.82) is 0 Å². The maximum absolute atomic E-state index is 12.2. The molecule has 2 amide bonds. The number of rotatable bonds is 3. The van der Waals surface area contributed by atoms with E-state index in [1.807, 2.05) is 0 Å². The molecule has 0 saturated carbocycles. The minimum atomic E-state index is -0.429. The van der Waals surface area contributed by atoms with Crippen LogP contribution in [0.4, 0.5) is 11.4 Å². The van der Waals surface area contributed by atoms with Crippen molar-refractivity contribution in [3.05, 3.63) is 36.7 Å². The Balaban J connectivity index is 1.74. The van der Waals surface area contributed by atoms with Gasteiger partial charge in [0, 0.05) is 18.1 Å². The number of nitrogens with zero attached hydrogens (tertiary/aromatic N) is 2. The Kier molecular flexibility index (Phi) is 3.31. The fourth-order valence-corrected chi connectivity index (χ4v) is 2.04. The van der Waals surface area contributed by atoms with Gasteiger partial charge >= 0.3 is 0 Å². The molecule has 1 unspecified atom stereocenters. The van der Waals surface area contributed by atoms with Crippen molar-refractivity contribution in [2.24, 2.45) is 0 Å². The van der Waals surface area contributed by atoms with Crippen LogP contribution >= 0.6 is 0 Å². The van der Waals surface area contributed by atoms with Gasteiger partial charge in [-0.15, -0.1) is 0 Å². The lowest BCUT2D eigenvalue weighted by molar-refractivity contribution is -0.119. The molecule has 2 N–H and O–H groups in total. The van der Waals surface area contributed by atoms with E-state index in [4.69, 9.17) is 4.74 Å². The molecule has 7 nitrogen and oxygen atoms in total. The molecule has 7 heteroatoms. The van der Waals surface area contributed by atoms with E-state index in [-0.39, 0.29) is 18.4 Å². The van der Waals surface area contributed by atoms with E-state index in [1.165, 1.54) is 0 Å². The van der Waals surface area contributed by atoms with Crippen LogP contribution < -0.4 is 15.4 Å². The van der Waals surface area contributed by atoms with Crippen molar-refractivity contribution in [2.75, 3.05) is 17.2 Å². The van der Waals surface area contributed by atoms with Crippen LogP contribution in [0.1, 0.15) is 13.0 Å². The van der Waals surface area contributed by atoms with E-state index >= 15 is 0 Å². The second-order valence-corrected chi connectivity index (χ2v) is 4.70. The number of carbonyl (C=O) groups excluding carboxylic acids is 2. The normalized spacial score (nSPS) is 14.6. The number of fused-ring (bicyclic) bond motifs is 1. The molecule has 0 saturated heterocycles. The molecule has 1 aliphatic rings. The van der Waals surface area contributed by atoms with Gasteiger partial charge in [0.05, 0.1) is 5.69 Å². The van der Waals surface area contributed by atoms with Crippen LogP contribution in [0.5, 0.6) is 5.75 Å². The summed E-state index contributed by atoms with van der Waals surface area (Å²) in [7, 11) is 0. The molecule has 1 aliphatic heterocycles. The molecule has 0 spiro atoms. The lowest BCUT2D eigenvalue weighted by Gasteiger charge is -2.19. The van der Waals surface area contributed by atoms with Gasteiger partial charge in [0.15, 0.2) is 6.61 Å². The summed E-state index contributed by atoms with van der Waals surface area (Å²) in [5.74, 6) is 0.185. The molecule has 108 valence electrons. The largest absolute Gasteiger partial charge is 0.482 e. The first-order valence-electron chi connectivity index (χ1n) is 6.50. The molecule has 3 rings (SSSR count). The highest BCUT2D eigenvalue weighted by Gasteiger charge is 2.18. The van der Waals surface area contributed by atoms with Crippen LogP contribution in [0.3, 0.4) is 0 Å². The molecular formula is C14H14N4O3. The fraction of sp³-hybridized carbons (Fsp3) is 0.214. The van der Waals surface area contributed by atoms with Crippen LogP contribution in [-0.2, 0) is 9.59 Å². The lowest BCUT2D eigenvalue weighted by Crippen LogP contribution is -2.26. The number of nitrogens with one attached hydrogen (secondary N) is 2. The standard InChI is InChI=1S/C14H14N4O3/c1-9(18-6-2-5-15-18)14(20)16-10-3-4-12-11(7-10)17-13(19)8-21-12/h2-7,9H,8H2,1H3,(H,16,20)(H,17,19). The predicted octanol–water partition coefficient (Wildman–Crippen LogP) is 1.41. The smallest absolute Gasteiger partial charge is 0.262 e. The van der Waals surface area contributed by atoms with Gasteiger partial charge in [-0.1, -0.05) is 0 Å². The molecular weight excluding hydrogens is 272 g/mol. The first kappa shape index (κ1) is 13.2. The zero-order valence-corrected chi connectivity index (χ0v) is 11.4. The third-order valence-electron chi connectivity index (χ3n) is 3.18. The molecule has 21 heavy (non-hydrogen) atoms. The van der Waals surface area contributed by atoms with E-state index in [1.54, 1.807) is 48.3 Å². The van der Waals surface area contributed by atoms with Gasteiger partial charge in [0.25, 0.3) is 5.91 Å². The average Bonchev–Trinajstić information content (AvgIpc) is 3.00. The molecule has 0 aliphatic carbocycles.